The van der Waals surface area contributed by atoms with Crippen LogP contribution in [0.5, 0.6) is 0 Å². The highest BCUT2D eigenvalue weighted by molar-refractivity contribution is 8.00. The van der Waals surface area contributed by atoms with E-state index < -0.39 is 40.5 Å². The molecule has 260 valence electrons. The lowest BCUT2D eigenvalue weighted by molar-refractivity contribution is -0.687. The van der Waals surface area contributed by atoms with Crippen molar-refractivity contribution in [1.29, 1.82) is 0 Å². The monoisotopic (exact) mass is 722 g/mol. The number of nitrogens with zero attached hydrogens (tertiary/aromatic N) is 7. The number of pyridine rings is 1. The lowest BCUT2D eigenvalue weighted by Crippen LogP contribution is -2.63. The van der Waals surface area contributed by atoms with Crippen molar-refractivity contribution >= 4 is 80.3 Å². The van der Waals surface area contributed by atoms with Gasteiger partial charge in [-0.25, -0.2) is 14.3 Å². The number of ketones is 1. The minimum absolute atomic E-state index is 0.0650. The van der Waals surface area contributed by atoms with Crippen LogP contribution >= 0.6 is 23.1 Å². The van der Waals surface area contributed by atoms with Crippen LogP contribution in [0.4, 0.5) is 10.9 Å². The topological polar surface area (TPSA) is 275 Å². The van der Waals surface area contributed by atoms with Crippen molar-refractivity contribution < 1.29 is 43.2 Å². The number of thiazole rings is 1. The van der Waals surface area contributed by atoms with Gasteiger partial charge in [0.2, 0.25) is 17.4 Å². The van der Waals surface area contributed by atoms with Crippen LogP contribution in [0.2, 0.25) is 0 Å². The van der Waals surface area contributed by atoms with Crippen LogP contribution in [0, 0.1) is 5.92 Å². The minimum atomic E-state index is -1.76. The Morgan fingerprint density at radius 2 is 2.04 bits per heavy atom. The maximum Gasteiger partial charge on any atom is 0.350 e. The van der Waals surface area contributed by atoms with Gasteiger partial charge in [-0.1, -0.05) is 5.16 Å². The molecule has 0 radical (unpaired) electrons. The number of carboxylic acid groups (broad SMARTS) is 2. The molecule has 4 aromatic heterocycles. The van der Waals surface area contributed by atoms with E-state index in [2.05, 4.69) is 20.1 Å². The number of oxime groups is 1. The van der Waals surface area contributed by atoms with Gasteiger partial charge in [0.15, 0.2) is 47.3 Å². The first-order valence-electron chi connectivity index (χ1n) is 14.9. The van der Waals surface area contributed by atoms with Crippen molar-refractivity contribution in [3.63, 3.8) is 0 Å². The van der Waals surface area contributed by atoms with Crippen molar-refractivity contribution in [3.8, 4) is 0 Å². The van der Waals surface area contributed by atoms with Crippen molar-refractivity contribution in [2.75, 3.05) is 11.5 Å². The Balaban J connectivity index is 1.18. The first kappa shape index (κ1) is 34.1. The molecule has 0 bridgehead atoms. The Labute approximate surface area is 290 Å². The van der Waals surface area contributed by atoms with E-state index >= 15 is 0 Å². The van der Waals surface area contributed by atoms with Crippen molar-refractivity contribution in [2.45, 2.75) is 44.3 Å². The predicted octanol–water partition coefficient (Wildman–Crippen LogP) is -0.313. The lowest BCUT2D eigenvalue weighted by atomic mass is 9.89. The second-order valence-electron chi connectivity index (χ2n) is 11.8. The first-order chi connectivity index (χ1) is 23.7. The molecule has 2 aliphatic heterocycles. The highest BCUT2D eigenvalue weighted by atomic mass is 32.2. The highest BCUT2D eigenvalue weighted by Crippen LogP contribution is 2.45. The fraction of sp³-hybridized carbons (Fsp3) is 0.300. The Morgan fingerprint density at radius 3 is 2.72 bits per heavy atom. The molecule has 0 aromatic carbocycles. The molecule has 1 saturated heterocycles. The summed E-state index contributed by atoms with van der Waals surface area (Å²) in [7, 11) is 0. The van der Waals surface area contributed by atoms with E-state index in [1.54, 1.807) is 10.8 Å². The molecule has 2 atom stereocenters. The average molecular weight is 723 g/mol. The van der Waals surface area contributed by atoms with Gasteiger partial charge in [-0.15, -0.1) is 23.1 Å². The Morgan fingerprint density at radius 1 is 1.26 bits per heavy atom. The molecule has 0 spiro atoms. The van der Waals surface area contributed by atoms with Gasteiger partial charge in [-0.05, 0) is 19.9 Å². The molecule has 4 aromatic rings. The van der Waals surface area contributed by atoms with E-state index in [0.29, 0.717) is 18.0 Å². The summed E-state index contributed by atoms with van der Waals surface area (Å²) in [6.45, 7) is 2.99. The molecule has 2 aliphatic rings. The number of aliphatic imine (C=N–C) groups is 1. The van der Waals surface area contributed by atoms with E-state index in [1.165, 1.54) is 37.3 Å². The summed E-state index contributed by atoms with van der Waals surface area (Å²) >= 11 is 2.36. The highest BCUT2D eigenvalue weighted by Gasteiger charge is 2.53. The number of anilines is 1. The number of aliphatic carboxylic acids is 2. The largest absolute Gasteiger partial charge is 0.543 e. The third-order valence-corrected chi connectivity index (χ3v) is 9.97. The second kappa shape index (κ2) is 13.3. The molecule has 6 heterocycles. The van der Waals surface area contributed by atoms with Gasteiger partial charge in [0.25, 0.3) is 0 Å². The molecule has 20 heteroatoms. The number of hydrogen-bond donors (Lipinski definition) is 4. The molecule has 7 N–H and O–H groups in total. The average Bonchev–Trinajstić information content (AvgIpc) is 3.79. The van der Waals surface area contributed by atoms with Crippen LogP contribution in [0.1, 0.15) is 31.9 Å². The van der Waals surface area contributed by atoms with Crippen LogP contribution in [-0.4, -0.2) is 76.6 Å². The summed E-state index contributed by atoms with van der Waals surface area (Å²) in [4.78, 5) is 69.3. The van der Waals surface area contributed by atoms with Crippen LogP contribution in [0.25, 0.3) is 10.9 Å². The fourth-order valence-corrected chi connectivity index (χ4v) is 7.36. The van der Waals surface area contributed by atoms with E-state index in [-0.39, 0.29) is 52.7 Å². The SMILES string of the molecule is CC(C)(O/N=C(\C(=O)C[C@@H]1C(=O)N2C(C(=O)[O-])=C(C[n+]3ccc4c(ccn4Cc4nc(N=C(N)N)co4)c3)CS[C@H]12)c1csc(N)n1)C(=O)O. The fourth-order valence-electron chi connectivity index (χ4n) is 5.41. The number of carbonyl (C=O) groups is 4. The van der Waals surface area contributed by atoms with Crippen molar-refractivity contribution in [3.05, 3.63) is 65.2 Å². The van der Waals surface area contributed by atoms with Crippen LogP contribution in [-0.2, 0) is 37.1 Å². The zero-order valence-corrected chi connectivity index (χ0v) is 28.1. The normalized spacial score (nSPS) is 17.8. The Bertz CT molecular complexity index is 2130. The number of amides is 1. The number of β-lactam (4-membered cyclic amide) rings is 1. The third-order valence-electron chi connectivity index (χ3n) is 7.90. The lowest BCUT2D eigenvalue weighted by Gasteiger charge is -2.50. The van der Waals surface area contributed by atoms with E-state index in [9.17, 15) is 29.4 Å². The predicted molar refractivity (Wildman–Crippen MR) is 177 cm³/mol. The van der Waals surface area contributed by atoms with E-state index in [1.807, 2.05) is 29.1 Å². The molecule has 1 amide bonds. The van der Waals surface area contributed by atoms with Crippen LogP contribution in [0.15, 0.2) is 68.2 Å². The maximum absolute atomic E-state index is 13.5. The molecule has 1 fully saturated rings. The number of guanidine groups is 1. The number of nitrogen functional groups attached to an aromatic ring is 1. The zero-order valence-electron chi connectivity index (χ0n) is 26.5. The standard InChI is InChI=1S/C30H30N10O8S2/c1-30(2,27(45)46)48-37-22(17-13-50-29(33)34-17)19(41)7-16-24(42)40-23(26(43)44)15(12-49-25(16)40)9-38-5-4-18-14(8-38)3-6-39(18)10-21-35-20(11-47-21)36-28(31)32/h3-6,8,11,13,16,25H,7,9-10,12H2,1-2H3,(H7-,31,32,33,34,36,43,44,45,46)/b37-22-/t16-,25-/m1/s1. The number of carboxylic acids is 2. The number of Topliss-reactive ketones (excluding diaryl/α,β-unsaturated/α-hetero) is 1. The molecule has 0 saturated carbocycles. The van der Waals surface area contributed by atoms with Gasteiger partial charge < -0.3 is 46.0 Å². The second-order valence-corrected chi connectivity index (χ2v) is 13.8. The Hall–Kier alpha value is -5.76. The van der Waals surface area contributed by atoms with E-state index in [4.69, 9.17) is 26.5 Å². The smallest absolute Gasteiger partial charge is 0.350 e. The molecule has 0 unspecified atom stereocenters. The molecule has 0 aliphatic carbocycles. The summed E-state index contributed by atoms with van der Waals surface area (Å²) in [6.07, 6.45) is 6.49. The van der Waals surface area contributed by atoms with Gasteiger partial charge in [-0.3, -0.25) is 14.5 Å². The first-order valence-corrected chi connectivity index (χ1v) is 16.8. The van der Waals surface area contributed by atoms with E-state index in [0.717, 1.165) is 27.1 Å². The quantitative estimate of drug-likeness (QED) is 0.0453. The van der Waals surface area contributed by atoms with Gasteiger partial charge >= 0.3 is 5.97 Å². The molecule has 18 nitrogen and oxygen atoms in total. The van der Waals surface area contributed by atoms with Crippen molar-refractivity contribution in [2.24, 2.45) is 27.5 Å². The summed E-state index contributed by atoms with van der Waals surface area (Å²) in [5.41, 5.74) is 15.6. The number of thioether (sulfide) groups is 1. The van der Waals surface area contributed by atoms with Gasteiger partial charge in [0, 0.05) is 35.4 Å². The summed E-state index contributed by atoms with van der Waals surface area (Å²) in [5.74, 6) is -4.14. The van der Waals surface area contributed by atoms with Crippen LogP contribution in [0.3, 0.4) is 0 Å². The molecule has 6 rings (SSSR count). The summed E-state index contributed by atoms with van der Waals surface area (Å²) in [6, 6.07) is 3.75. The van der Waals surface area contributed by atoms with Crippen LogP contribution < -0.4 is 26.9 Å². The number of nitrogens with two attached hydrogens (primary N) is 3. The molecular weight excluding hydrogens is 693 g/mol. The third kappa shape index (κ3) is 6.74. The Kier molecular flexibility index (Phi) is 9.06. The van der Waals surface area contributed by atoms with Gasteiger partial charge in [0.1, 0.15) is 12.0 Å². The number of oxazole rings is 1. The number of carbonyl (C=O) groups excluding carboxylic acids is 3. The summed E-state index contributed by atoms with van der Waals surface area (Å²) < 4.78 is 9.18. The number of hydrogen-bond acceptors (Lipinski definition) is 14. The number of rotatable bonds is 13. The molecular formula is C30H30N10O8S2. The van der Waals surface area contributed by atoms with Gasteiger partial charge in [-0.2, -0.15) is 9.98 Å². The van der Waals surface area contributed by atoms with Gasteiger partial charge in [0.05, 0.1) is 40.4 Å². The number of aromatic nitrogens is 4. The van der Waals surface area contributed by atoms with Crippen molar-refractivity contribution in [1.82, 2.24) is 19.4 Å². The zero-order chi connectivity index (χ0) is 35.9. The minimum Gasteiger partial charge on any atom is -0.543 e. The maximum atomic E-state index is 13.5. The summed E-state index contributed by atoms with van der Waals surface area (Å²) in [5, 5.41) is 27.4. The molecule has 50 heavy (non-hydrogen) atoms. The number of fused-ring (bicyclic) bond motifs is 2.